The van der Waals surface area contributed by atoms with Gasteiger partial charge in [-0.2, -0.15) is 0 Å². The highest BCUT2D eigenvalue weighted by Gasteiger charge is 2.19. The molecule has 0 saturated carbocycles. The van der Waals surface area contributed by atoms with Crippen molar-refractivity contribution in [2.45, 2.75) is 361 Å². The summed E-state index contributed by atoms with van der Waals surface area (Å²) in [6.07, 6.45) is 79.7. The van der Waals surface area contributed by atoms with Crippen LogP contribution in [-0.4, -0.2) is 37.2 Å². The van der Waals surface area contributed by atoms with Gasteiger partial charge in [0, 0.05) is 19.3 Å². The molecule has 0 fully saturated rings. The average molecular weight is 1050 g/mol. The van der Waals surface area contributed by atoms with E-state index >= 15 is 0 Å². The van der Waals surface area contributed by atoms with Gasteiger partial charge in [-0.3, -0.25) is 14.4 Å². The number of ether oxygens (including phenoxy) is 3. The van der Waals surface area contributed by atoms with E-state index in [1.165, 1.54) is 231 Å². The van der Waals surface area contributed by atoms with Crippen molar-refractivity contribution in [3.05, 3.63) is 48.6 Å². The number of carbonyl (C=O) groups excluding carboxylic acids is 3. The first-order chi connectivity index (χ1) is 37.0. The van der Waals surface area contributed by atoms with Crippen molar-refractivity contribution in [3.63, 3.8) is 0 Å². The summed E-state index contributed by atoms with van der Waals surface area (Å²) in [6.45, 7) is 6.67. The highest BCUT2D eigenvalue weighted by atomic mass is 16.6. The number of allylic oxidation sites excluding steroid dienone is 8. The number of hydrogen-bond acceptors (Lipinski definition) is 6. The molecule has 0 aromatic rings. The van der Waals surface area contributed by atoms with Gasteiger partial charge in [0.05, 0.1) is 0 Å². The minimum absolute atomic E-state index is 0.0782. The quantitative estimate of drug-likeness (QED) is 0.0261. The molecule has 438 valence electrons. The molecule has 1 unspecified atom stereocenters. The van der Waals surface area contributed by atoms with Crippen LogP contribution in [0.5, 0.6) is 0 Å². The van der Waals surface area contributed by atoms with E-state index in [0.29, 0.717) is 19.3 Å². The Morgan fingerprint density at radius 1 is 0.267 bits per heavy atom. The molecule has 0 heterocycles. The fourth-order valence-corrected chi connectivity index (χ4v) is 9.80. The van der Waals surface area contributed by atoms with Crippen LogP contribution in [0.3, 0.4) is 0 Å². The standard InChI is InChI=1S/C69H126O6/c1-4-7-10-13-16-19-22-25-28-31-33-35-37-38-41-44-47-50-53-56-59-62-68(71)74-65-66(64-73-67(70)61-58-55-52-49-46-43-40-30-27-24-21-18-15-12-9-6-3)75-69(72)63-60-57-54-51-48-45-42-39-36-34-32-29-26-23-20-17-14-11-8-5-2/h22,25,30-31,33,37-38,40,66H,4-21,23-24,26-29,32,34-36,39,41-65H2,1-3H3/b25-22-,33-31-,38-37-,40-30-. The third-order valence-corrected chi connectivity index (χ3v) is 14.8. The van der Waals surface area contributed by atoms with Crippen molar-refractivity contribution < 1.29 is 28.6 Å². The van der Waals surface area contributed by atoms with E-state index in [1.54, 1.807) is 0 Å². The van der Waals surface area contributed by atoms with Crippen LogP contribution in [-0.2, 0) is 28.6 Å². The second-order valence-corrected chi connectivity index (χ2v) is 22.4. The third kappa shape index (κ3) is 62.1. The van der Waals surface area contributed by atoms with Crippen molar-refractivity contribution in [3.8, 4) is 0 Å². The van der Waals surface area contributed by atoms with Gasteiger partial charge in [-0.25, -0.2) is 0 Å². The molecule has 0 bridgehead atoms. The molecule has 1 atom stereocenters. The molecule has 0 rings (SSSR count). The Balaban J connectivity index is 4.36. The van der Waals surface area contributed by atoms with Gasteiger partial charge in [0.2, 0.25) is 0 Å². The molecule has 0 aliphatic heterocycles. The maximum absolute atomic E-state index is 12.9. The van der Waals surface area contributed by atoms with Crippen molar-refractivity contribution in [1.29, 1.82) is 0 Å². The Morgan fingerprint density at radius 2 is 0.480 bits per heavy atom. The molecule has 6 nitrogen and oxygen atoms in total. The normalized spacial score (nSPS) is 12.3. The van der Waals surface area contributed by atoms with Gasteiger partial charge in [-0.1, -0.05) is 301 Å². The zero-order chi connectivity index (χ0) is 54.3. The lowest BCUT2D eigenvalue weighted by Gasteiger charge is -2.18. The molecular formula is C69H126O6. The van der Waals surface area contributed by atoms with Crippen LogP contribution in [0, 0.1) is 0 Å². The lowest BCUT2D eigenvalue weighted by molar-refractivity contribution is -0.167. The minimum atomic E-state index is -0.781. The summed E-state index contributed by atoms with van der Waals surface area (Å²) in [7, 11) is 0. The monoisotopic (exact) mass is 1050 g/mol. The molecule has 0 aliphatic carbocycles. The van der Waals surface area contributed by atoms with E-state index in [1.807, 2.05) is 0 Å². The van der Waals surface area contributed by atoms with Crippen LogP contribution in [0.25, 0.3) is 0 Å². The first kappa shape index (κ1) is 72.4. The van der Waals surface area contributed by atoms with Gasteiger partial charge in [0.25, 0.3) is 0 Å². The zero-order valence-corrected chi connectivity index (χ0v) is 50.3. The number of unbranched alkanes of at least 4 members (excludes halogenated alkanes) is 42. The lowest BCUT2D eigenvalue weighted by Crippen LogP contribution is -2.30. The lowest BCUT2D eigenvalue weighted by atomic mass is 10.0. The van der Waals surface area contributed by atoms with Gasteiger partial charge in [0.15, 0.2) is 6.10 Å². The van der Waals surface area contributed by atoms with Crippen molar-refractivity contribution in [2.24, 2.45) is 0 Å². The first-order valence-electron chi connectivity index (χ1n) is 33.1. The van der Waals surface area contributed by atoms with Crippen molar-refractivity contribution >= 4 is 17.9 Å². The Morgan fingerprint density at radius 3 is 0.760 bits per heavy atom. The van der Waals surface area contributed by atoms with Crippen LogP contribution >= 0.6 is 0 Å². The molecule has 0 radical (unpaired) electrons. The van der Waals surface area contributed by atoms with E-state index in [4.69, 9.17) is 14.2 Å². The SMILES string of the molecule is CCCCCCC/C=C\C/C=C\C/C=C\CCCCCCCCC(=O)OCC(COC(=O)CCCCCCC/C=C\CCCCCCCCC)OC(=O)CCCCCCCCCCCCCCCCCCCCCC. The van der Waals surface area contributed by atoms with E-state index in [9.17, 15) is 14.4 Å². The summed E-state index contributed by atoms with van der Waals surface area (Å²) in [5.74, 6) is -0.875. The third-order valence-electron chi connectivity index (χ3n) is 14.8. The van der Waals surface area contributed by atoms with Crippen molar-refractivity contribution in [2.75, 3.05) is 13.2 Å². The number of rotatable bonds is 61. The highest BCUT2D eigenvalue weighted by molar-refractivity contribution is 5.71. The number of hydrogen-bond donors (Lipinski definition) is 0. The Kier molecular flexibility index (Phi) is 61.7. The predicted octanol–water partition coefficient (Wildman–Crippen LogP) is 22.6. The summed E-state index contributed by atoms with van der Waals surface area (Å²) in [5.41, 5.74) is 0. The van der Waals surface area contributed by atoms with E-state index in [2.05, 4.69) is 69.4 Å². The molecule has 0 amide bonds. The minimum Gasteiger partial charge on any atom is -0.462 e. The second-order valence-electron chi connectivity index (χ2n) is 22.4. The number of carbonyl (C=O) groups is 3. The molecule has 75 heavy (non-hydrogen) atoms. The zero-order valence-electron chi connectivity index (χ0n) is 50.3. The molecular weight excluding hydrogens is 925 g/mol. The van der Waals surface area contributed by atoms with Crippen LogP contribution in [0.15, 0.2) is 48.6 Å². The maximum Gasteiger partial charge on any atom is 0.306 e. The first-order valence-corrected chi connectivity index (χ1v) is 33.1. The average Bonchev–Trinajstić information content (AvgIpc) is 3.41. The Bertz CT molecular complexity index is 1300. The van der Waals surface area contributed by atoms with Gasteiger partial charge in [-0.15, -0.1) is 0 Å². The van der Waals surface area contributed by atoms with Gasteiger partial charge in [0.1, 0.15) is 13.2 Å². The van der Waals surface area contributed by atoms with Crippen LogP contribution in [0.4, 0.5) is 0 Å². The summed E-state index contributed by atoms with van der Waals surface area (Å²) < 4.78 is 17.0. The summed E-state index contributed by atoms with van der Waals surface area (Å²) in [4.78, 5) is 38.4. The topological polar surface area (TPSA) is 78.9 Å². The van der Waals surface area contributed by atoms with E-state index < -0.39 is 6.10 Å². The van der Waals surface area contributed by atoms with Crippen molar-refractivity contribution in [1.82, 2.24) is 0 Å². The molecule has 0 spiro atoms. The molecule has 0 aromatic carbocycles. The maximum atomic E-state index is 12.9. The smallest absolute Gasteiger partial charge is 0.306 e. The largest absolute Gasteiger partial charge is 0.462 e. The second kappa shape index (κ2) is 63.9. The Hall–Kier alpha value is -2.63. The predicted molar refractivity (Wildman–Crippen MR) is 325 cm³/mol. The number of esters is 3. The van der Waals surface area contributed by atoms with Gasteiger partial charge < -0.3 is 14.2 Å². The fraction of sp³-hybridized carbons (Fsp3) is 0.841. The van der Waals surface area contributed by atoms with Crippen LogP contribution in [0.2, 0.25) is 0 Å². The summed E-state index contributed by atoms with van der Waals surface area (Å²) >= 11 is 0. The molecule has 0 aliphatic rings. The van der Waals surface area contributed by atoms with E-state index in [0.717, 1.165) is 83.5 Å². The Labute approximate surface area is 467 Å². The van der Waals surface area contributed by atoms with Crippen LogP contribution in [0.1, 0.15) is 355 Å². The summed E-state index contributed by atoms with van der Waals surface area (Å²) in [5, 5.41) is 0. The fourth-order valence-electron chi connectivity index (χ4n) is 9.80. The van der Waals surface area contributed by atoms with E-state index in [-0.39, 0.29) is 31.1 Å². The molecule has 0 aromatic heterocycles. The summed E-state index contributed by atoms with van der Waals surface area (Å²) in [6, 6.07) is 0. The molecule has 6 heteroatoms. The molecule has 0 saturated heterocycles. The molecule has 0 N–H and O–H groups in total. The highest BCUT2D eigenvalue weighted by Crippen LogP contribution is 2.17. The van der Waals surface area contributed by atoms with Gasteiger partial charge >= 0.3 is 17.9 Å². The van der Waals surface area contributed by atoms with Gasteiger partial charge in [-0.05, 0) is 83.5 Å². The van der Waals surface area contributed by atoms with Crippen LogP contribution < -0.4 is 0 Å².